The van der Waals surface area contributed by atoms with Crippen LogP contribution in [0.3, 0.4) is 0 Å². The van der Waals surface area contributed by atoms with E-state index in [1.807, 2.05) is 6.07 Å². The van der Waals surface area contributed by atoms with Crippen molar-refractivity contribution >= 4 is 21.6 Å². The predicted octanol–water partition coefficient (Wildman–Crippen LogP) is 2.75. The lowest BCUT2D eigenvalue weighted by molar-refractivity contribution is 0.101. The van der Waals surface area contributed by atoms with Gasteiger partial charge in [-0.15, -0.1) is 0 Å². The van der Waals surface area contributed by atoms with Crippen LogP contribution in [0.1, 0.15) is 23.0 Å². The second kappa shape index (κ2) is 6.82. The van der Waals surface area contributed by atoms with Gasteiger partial charge in [-0.1, -0.05) is 36.4 Å². The fraction of sp³-hybridized carbons (Fsp3) is 0.0556. The van der Waals surface area contributed by atoms with E-state index in [0.717, 1.165) is 0 Å². The Hall–Kier alpha value is -3.44. The number of aromatic nitrogens is 2. The molecule has 8 heteroatoms. The number of nitrogens with one attached hydrogen (secondary N) is 1. The van der Waals surface area contributed by atoms with Gasteiger partial charge in [0.1, 0.15) is 17.3 Å². The van der Waals surface area contributed by atoms with E-state index in [9.17, 15) is 18.5 Å². The van der Waals surface area contributed by atoms with Gasteiger partial charge in [0.15, 0.2) is 11.6 Å². The van der Waals surface area contributed by atoms with E-state index < -0.39 is 15.8 Å². The minimum atomic E-state index is -3.96. The van der Waals surface area contributed by atoms with Gasteiger partial charge < -0.3 is 0 Å². The Labute approximate surface area is 150 Å². The zero-order valence-electron chi connectivity index (χ0n) is 13.7. The Kier molecular flexibility index (Phi) is 4.56. The lowest BCUT2D eigenvalue weighted by Crippen LogP contribution is -2.16. The van der Waals surface area contributed by atoms with Crippen LogP contribution >= 0.6 is 0 Å². The number of nitriles is 1. The molecule has 0 saturated carbocycles. The average Bonchev–Trinajstić information content (AvgIpc) is 3.01. The molecule has 1 heterocycles. The van der Waals surface area contributed by atoms with Gasteiger partial charge in [-0.2, -0.15) is 10.4 Å². The van der Waals surface area contributed by atoms with Crippen molar-refractivity contribution in [3.8, 4) is 11.8 Å². The number of sulfonamides is 1. The molecule has 0 fully saturated rings. The van der Waals surface area contributed by atoms with Crippen molar-refractivity contribution in [2.45, 2.75) is 11.8 Å². The summed E-state index contributed by atoms with van der Waals surface area (Å²) in [7, 11) is -3.96. The zero-order valence-corrected chi connectivity index (χ0v) is 14.6. The van der Waals surface area contributed by atoms with E-state index >= 15 is 0 Å². The first-order valence-corrected chi connectivity index (χ1v) is 9.09. The van der Waals surface area contributed by atoms with Gasteiger partial charge in [-0.25, -0.2) is 13.1 Å². The summed E-state index contributed by atoms with van der Waals surface area (Å²) in [4.78, 5) is 11.9. The summed E-state index contributed by atoms with van der Waals surface area (Å²) in [6.07, 6.45) is 0. The number of carbonyl (C=O) groups excluding carboxylic acids is 1. The molecule has 7 nitrogen and oxygen atoms in total. The Morgan fingerprint density at radius 2 is 1.65 bits per heavy atom. The Morgan fingerprint density at radius 3 is 2.19 bits per heavy atom. The molecule has 3 rings (SSSR count). The third-order valence-electron chi connectivity index (χ3n) is 3.62. The van der Waals surface area contributed by atoms with Crippen LogP contribution < -0.4 is 4.72 Å². The Morgan fingerprint density at radius 1 is 1.08 bits per heavy atom. The van der Waals surface area contributed by atoms with Crippen molar-refractivity contribution in [1.29, 1.82) is 5.26 Å². The number of benzene rings is 2. The highest BCUT2D eigenvalue weighted by molar-refractivity contribution is 7.92. The first kappa shape index (κ1) is 17.4. The summed E-state index contributed by atoms with van der Waals surface area (Å²) >= 11 is 0. The molecule has 3 aromatic rings. The maximum Gasteiger partial charge on any atom is 0.263 e. The van der Waals surface area contributed by atoms with Gasteiger partial charge in [0.2, 0.25) is 0 Å². The average molecular weight is 366 g/mol. The molecule has 0 radical (unpaired) electrons. The molecular weight excluding hydrogens is 352 g/mol. The molecule has 0 unspecified atom stereocenters. The quantitative estimate of drug-likeness (QED) is 0.699. The topological polar surface area (TPSA) is 105 Å². The number of carbonyl (C=O) groups is 1. The summed E-state index contributed by atoms with van der Waals surface area (Å²) in [6.45, 7) is 1.27. The summed E-state index contributed by atoms with van der Waals surface area (Å²) in [5, 5.41) is 13.6. The molecule has 130 valence electrons. The summed E-state index contributed by atoms with van der Waals surface area (Å²) in [5.41, 5.74) is 0.297. The van der Waals surface area contributed by atoms with Crippen LogP contribution in [0.2, 0.25) is 0 Å². The van der Waals surface area contributed by atoms with Crippen LogP contribution in [0.15, 0.2) is 65.6 Å². The molecule has 0 atom stereocenters. The van der Waals surface area contributed by atoms with Crippen LogP contribution in [-0.2, 0) is 10.0 Å². The molecule has 0 aliphatic rings. The SMILES string of the molecule is CC(=O)c1nn(-c2ccccc2)c(NS(=O)(=O)c2ccccc2)c1C#N. The van der Waals surface area contributed by atoms with Crippen molar-refractivity contribution in [2.24, 2.45) is 0 Å². The first-order chi connectivity index (χ1) is 12.4. The molecule has 1 aromatic heterocycles. The first-order valence-electron chi connectivity index (χ1n) is 7.61. The van der Waals surface area contributed by atoms with Gasteiger partial charge in [-0.3, -0.25) is 9.52 Å². The van der Waals surface area contributed by atoms with Crippen molar-refractivity contribution < 1.29 is 13.2 Å². The molecule has 2 aromatic carbocycles. The number of hydrogen-bond acceptors (Lipinski definition) is 5. The fourth-order valence-electron chi connectivity index (χ4n) is 2.41. The van der Waals surface area contributed by atoms with Gasteiger partial charge in [-0.05, 0) is 24.3 Å². The van der Waals surface area contributed by atoms with Crippen LogP contribution in [0.5, 0.6) is 0 Å². The maximum absolute atomic E-state index is 12.7. The van der Waals surface area contributed by atoms with Crippen molar-refractivity contribution in [3.05, 3.63) is 71.9 Å². The van der Waals surface area contributed by atoms with Crippen LogP contribution in [0.4, 0.5) is 5.82 Å². The fourth-order valence-corrected chi connectivity index (χ4v) is 3.48. The summed E-state index contributed by atoms with van der Waals surface area (Å²) in [5.74, 6) is -0.510. The Bertz CT molecular complexity index is 1100. The molecule has 1 N–H and O–H groups in total. The summed E-state index contributed by atoms with van der Waals surface area (Å²) in [6, 6.07) is 18.3. The normalized spacial score (nSPS) is 10.9. The van der Waals surface area contributed by atoms with Crippen molar-refractivity contribution in [1.82, 2.24) is 9.78 Å². The van der Waals surface area contributed by atoms with Gasteiger partial charge >= 0.3 is 0 Å². The van der Waals surface area contributed by atoms with E-state index in [1.54, 1.807) is 48.5 Å². The number of ketones is 1. The highest BCUT2D eigenvalue weighted by Gasteiger charge is 2.26. The number of hydrogen-bond donors (Lipinski definition) is 1. The minimum Gasteiger partial charge on any atom is -0.293 e. The van der Waals surface area contributed by atoms with Crippen LogP contribution in [0, 0.1) is 11.3 Å². The van der Waals surface area contributed by atoms with Gasteiger partial charge in [0.25, 0.3) is 10.0 Å². The maximum atomic E-state index is 12.7. The number of para-hydroxylation sites is 1. The smallest absolute Gasteiger partial charge is 0.263 e. The molecule has 0 saturated heterocycles. The van der Waals surface area contributed by atoms with E-state index in [2.05, 4.69) is 9.82 Å². The van der Waals surface area contributed by atoms with Gasteiger partial charge in [0.05, 0.1) is 10.6 Å². The van der Waals surface area contributed by atoms with Crippen LogP contribution in [-0.4, -0.2) is 24.0 Å². The number of rotatable bonds is 5. The molecular formula is C18H14N4O3S. The molecule has 0 amide bonds. The number of anilines is 1. The van der Waals surface area contributed by atoms with E-state index in [4.69, 9.17) is 0 Å². The standard InChI is InChI=1S/C18H14N4O3S/c1-13(23)17-16(12-19)18(22(20-17)14-8-4-2-5-9-14)21-26(24,25)15-10-6-3-7-11-15/h2-11,21H,1H3. The molecule has 0 spiro atoms. The predicted molar refractivity (Wildman–Crippen MR) is 95.5 cm³/mol. The lowest BCUT2D eigenvalue weighted by atomic mass is 10.2. The molecule has 26 heavy (non-hydrogen) atoms. The third kappa shape index (κ3) is 3.20. The lowest BCUT2D eigenvalue weighted by Gasteiger charge is -2.11. The largest absolute Gasteiger partial charge is 0.293 e. The van der Waals surface area contributed by atoms with E-state index in [1.165, 1.54) is 23.7 Å². The molecule has 0 aliphatic carbocycles. The monoisotopic (exact) mass is 366 g/mol. The van der Waals surface area contributed by atoms with E-state index in [0.29, 0.717) is 5.69 Å². The third-order valence-corrected chi connectivity index (χ3v) is 4.97. The zero-order chi connectivity index (χ0) is 18.7. The molecule has 0 bridgehead atoms. The second-order valence-corrected chi connectivity index (χ2v) is 7.09. The minimum absolute atomic E-state index is 0.0362. The van der Waals surface area contributed by atoms with Crippen molar-refractivity contribution in [2.75, 3.05) is 4.72 Å². The highest BCUT2D eigenvalue weighted by atomic mass is 32.2. The van der Waals surface area contributed by atoms with Crippen molar-refractivity contribution in [3.63, 3.8) is 0 Å². The highest BCUT2D eigenvalue weighted by Crippen LogP contribution is 2.26. The number of nitrogens with zero attached hydrogens (tertiary/aromatic N) is 3. The molecule has 0 aliphatic heterocycles. The Balaban J connectivity index is 2.20. The van der Waals surface area contributed by atoms with Gasteiger partial charge in [0, 0.05) is 6.92 Å². The van der Waals surface area contributed by atoms with E-state index in [-0.39, 0.29) is 22.0 Å². The summed E-state index contributed by atoms with van der Waals surface area (Å²) < 4.78 is 29.0. The van der Waals surface area contributed by atoms with Crippen LogP contribution in [0.25, 0.3) is 5.69 Å². The second-order valence-electron chi connectivity index (χ2n) is 5.41. The number of Topliss-reactive ketones (excluding diaryl/α,β-unsaturated/α-hetero) is 1.